The van der Waals surface area contributed by atoms with Crippen molar-refractivity contribution in [2.45, 2.75) is 32.2 Å². The average molecular weight is 318 g/mol. The zero-order valence-corrected chi connectivity index (χ0v) is 13.3. The minimum atomic E-state index is -0.339. The number of amides is 2. The first-order valence-corrected chi connectivity index (χ1v) is 8.06. The monoisotopic (exact) mass is 318 g/mol. The lowest BCUT2D eigenvalue weighted by Crippen LogP contribution is -2.48. The molecule has 1 aromatic carbocycles. The quantitative estimate of drug-likeness (QED) is 0.897. The molecule has 1 aromatic rings. The zero-order chi connectivity index (χ0) is 16.4. The summed E-state index contributed by atoms with van der Waals surface area (Å²) in [5.41, 5.74) is 5.96. The summed E-state index contributed by atoms with van der Waals surface area (Å²) in [6.45, 7) is 3.57. The third-order valence-corrected chi connectivity index (χ3v) is 4.54. The molecule has 0 aromatic heterocycles. The van der Waals surface area contributed by atoms with Gasteiger partial charge in [0, 0.05) is 24.6 Å². The van der Waals surface area contributed by atoms with Gasteiger partial charge in [0.05, 0.1) is 19.1 Å². The highest BCUT2D eigenvalue weighted by molar-refractivity contribution is 5.95. The predicted molar refractivity (Wildman–Crippen MR) is 84.5 cm³/mol. The van der Waals surface area contributed by atoms with Gasteiger partial charge in [0.25, 0.3) is 5.91 Å². The Labute approximate surface area is 135 Å². The Morgan fingerprint density at radius 2 is 1.91 bits per heavy atom. The van der Waals surface area contributed by atoms with E-state index in [2.05, 4.69) is 0 Å². The van der Waals surface area contributed by atoms with E-state index in [1.807, 2.05) is 6.92 Å². The summed E-state index contributed by atoms with van der Waals surface area (Å²) >= 11 is 0. The molecule has 0 bridgehead atoms. The van der Waals surface area contributed by atoms with Gasteiger partial charge in [-0.3, -0.25) is 9.59 Å². The fourth-order valence-corrected chi connectivity index (χ4v) is 3.08. The Morgan fingerprint density at radius 1 is 1.17 bits per heavy atom. The second-order valence-corrected chi connectivity index (χ2v) is 6.20. The standard InChI is InChI=1S/C17H22N2O4/c1-11-3-4-13(16(18)20)10-19(11)17(21)12-5-6-14-15(9-12)23-8-2-7-22-14/h5-6,9,11,13H,2-4,7-8,10H2,1H3,(H2,18,20)/t11-,13+/m0/s1. The van der Waals surface area contributed by atoms with Crippen LogP contribution in [0.15, 0.2) is 18.2 Å². The van der Waals surface area contributed by atoms with E-state index in [-0.39, 0.29) is 23.8 Å². The summed E-state index contributed by atoms with van der Waals surface area (Å²) in [5, 5.41) is 0. The van der Waals surface area contributed by atoms with E-state index in [4.69, 9.17) is 15.2 Å². The third-order valence-electron chi connectivity index (χ3n) is 4.54. The van der Waals surface area contributed by atoms with Crippen molar-refractivity contribution in [2.75, 3.05) is 19.8 Å². The summed E-state index contributed by atoms with van der Waals surface area (Å²) in [5.74, 6) is 0.563. The molecular formula is C17H22N2O4. The minimum Gasteiger partial charge on any atom is -0.490 e. The number of carbonyl (C=O) groups is 2. The Bertz CT molecular complexity index is 617. The Kier molecular flexibility index (Phi) is 4.41. The molecule has 124 valence electrons. The van der Waals surface area contributed by atoms with E-state index >= 15 is 0 Å². The zero-order valence-electron chi connectivity index (χ0n) is 13.3. The molecule has 0 aliphatic carbocycles. The maximum atomic E-state index is 12.8. The molecule has 2 aliphatic heterocycles. The summed E-state index contributed by atoms with van der Waals surface area (Å²) < 4.78 is 11.2. The van der Waals surface area contributed by atoms with Crippen molar-refractivity contribution in [1.82, 2.24) is 4.90 Å². The van der Waals surface area contributed by atoms with Crippen LogP contribution >= 0.6 is 0 Å². The summed E-state index contributed by atoms with van der Waals surface area (Å²) in [4.78, 5) is 26.0. The van der Waals surface area contributed by atoms with Crippen LogP contribution in [0.5, 0.6) is 11.5 Å². The van der Waals surface area contributed by atoms with Crippen molar-refractivity contribution in [3.63, 3.8) is 0 Å². The number of likely N-dealkylation sites (tertiary alicyclic amines) is 1. The van der Waals surface area contributed by atoms with Gasteiger partial charge in [0.1, 0.15) is 0 Å². The Hall–Kier alpha value is -2.24. The SMILES string of the molecule is C[C@H]1CC[C@@H](C(N)=O)CN1C(=O)c1ccc2c(c1)OCCCO2. The van der Waals surface area contributed by atoms with E-state index in [0.29, 0.717) is 36.8 Å². The molecule has 3 rings (SSSR count). The number of hydrogen-bond acceptors (Lipinski definition) is 4. The van der Waals surface area contributed by atoms with Crippen LogP contribution < -0.4 is 15.2 Å². The lowest BCUT2D eigenvalue weighted by Gasteiger charge is -2.37. The van der Waals surface area contributed by atoms with Gasteiger partial charge in [-0.05, 0) is 38.0 Å². The summed E-state index contributed by atoms with van der Waals surface area (Å²) in [6.07, 6.45) is 2.34. The molecule has 0 radical (unpaired) electrons. The number of carbonyl (C=O) groups excluding carboxylic acids is 2. The van der Waals surface area contributed by atoms with Gasteiger partial charge in [-0.25, -0.2) is 0 Å². The number of nitrogens with two attached hydrogens (primary N) is 1. The van der Waals surface area contributed by atoms with Crippen LogP contribution in [0.2, 0.25) is 0 Å². The van der Waals surface area contributed by atoms with Crippen LogP contribution in [0.3, 0.4) is 0 Å². The molecular weight excluding hydrogens is 296 g/mol. The van der Waals surface area contributed by atoms with E-state index in [1.54, 1.807) is 23.1 Å². The van der Waals surface area contributed by atoms with Crippen molar-refractivity contribution in [3.8, 4) is 11.5 Å². The van der Waals surface area contributed by atoms with E-state index < -0.39 is 0 Å². The van der Waals surface area contributed by atoms with Crippen molar-refractivity contribution in [2.24, 2.45) is 11.7 Å². The van der Waals surface area contributed by atoms with Gasteiger partial charge in [0.2, 0.25) is 5.91 Å². The molecule has 0 saturated carbocycles. The molecule has 0 unspecified atom stereocenters. The number of primary amides is 1. The van der Waals surface area contributed by atoms with Crippen molar-refractivity contribution in [1.29, 1.82) is 0 Å². The molecule has 6 nitrogen and oxygen atoms in total. The third kappa shape index (κ3) is 3.25. The highest BCUT2D eigenvalue weighted by Gasteiger charge is 2.32. The molecule has 0 spiro atoms. The number of rotatable bonds is 2. The smallest absolute Gasteiger partial charge is 0.254 e. The summed E-state index contributed by atoms with van der Waals surface area (Å²) in [6, 6.07) is 5.34. The normalized spacial score (nSPS) is 24.0. The second kappa shape index (κ2) is 6.48. The number of piperidine rings is 1. The van der Waals surface area contributed by atoms with Crippen LogP contribution in [0.25, 0.3) is 0 Å². The van der Waals surface area contributed by atoms with E-state index in [9.17, 15) is 9.59 Å². The van der Waals surface area contributed by atoms with Gasteiger partial charge < -0.3 is 20.1 Å². The Morgan fingerprint density at radius 3 is 2.65 bits per heavy atom. The van der Waals surface area contributed by atoms with Crippen LogP contribution in [0.4, 0.5) is 0 Å². The number of fused-ring (bicyclic) bond motifs is 1. The fraction of sp³-hybridized carbons (Fsp3) is 0.529. The predicted octanol–water partition coefficient (Wildman–Crippen LogP) is 1.57. The second-order valence-electron chi connectivity index (χ2n) is 6.20. The van der Waals surface area contributed by atoms with Crippen molar-refractivity contribution < 1.29 is 19.1 Å². The van der Waals surface area contributed by atoms with Crippen LogP contribution in [-0.2, 0) is 4.79 Å². The summed E-state index contributed by atoms with van der Waals surface area (Å²) in [7, 11) is 0. The van der Waals surface area contributed by atoms with Crippen LogP contribution in [0.1, 0.15) is 36.5 Å². The minimum absolute atomic E-state index is 0.0917. The van der Waals surface area contributed by atoms with Gasteiger partial charge in [-0.2, -0.15) is 0 Å². The molecule has 2 heterocycles. The van der Waals surface area contributed by atoms with Gasteiger partial charge in [-0.15, -0.1) is 0 Å². The first-order chi connectivity index (χ1) is 11.1. The average Bonchev–Trinajstić information content (AvgIpc) is 2.79. The first-order valence-electron chi connectivity index (χ1n) is 8.06. The van der Waals surface area contributed by atoms with Crippen LogP contribution in [0, 0.1) is 5.92 Å². The number of ether oxygens (including phenoxy) is 2. The topological polar surface area (TPSA) is 81.9 Å². The number of hydrogen-bond donors (Lipinski definition) is 1. The molecule has 2 amide bonds. The van der Waals surface area contributed by atoms with Gasteiger partial charge in [-0.1, -0.05) is 0 Å². The van der Waals surface area contributed by atoms with Gasteiger partial charge >= 0.3 is 0 Å². The maximum absolute atomic E-state index is 12.8. The maximum Gasteiger partial charge on any atom is 0.254 e. The van der Waals surface area contributed by atoms with Crippen LogP contribution in [-0.4, -0.2) is 42.5 Å². The molecule has 23 heavy (non-hydrogen) atoms. The lowest BCUT2D eigenvalue weighted by molar-refractivity contribution is -0.123. The molecule has 2 aliphatic rings. The van der Waals surface area contributed by atoms with E-state index in [0.717, 1.165) is 19.3 Å². The van der Waals surface area contributed by atoms with Crippen molar-refractivity contribution >= 4 is 11.8 Å². The molecule has 6 heteroatoms. The fourth-order valence-electron chi connectivity index (χ4n) is 3.08. The highest BCUT2D eigenvalue weighted by Crippen LogP contribution is 2.32. The van der Waals surface area contributed by atoms with Crippen molar-refractivity contribution in [3.05, 3.63) is 23.8 Å². The van der Waals surface area contributed by atoms with E-state index in [1.165, 1.54) is 0 Å². The number of benzene rings is 1. The first kappa shape index (κ1) is 15.6. The Balaban J connectivity index is 1.81. The highest BCUT2D eigenvalue weighted by atomic mass is 16.5. The molecule has 1 saturated heterocycles. The lowest BCUT2D eigenvalue weighted by atomic mass is 9.92. The molecule has 2 N–H and O–H groups in total. The molecule has 2 atom stereocenters. The molecule has 1 fully saturated rings. The largest absolute Gasteiger partial charge is 0.490 e. The number of nitrogens with zero attached hydrogens (tertiary/aromatic N) is 1. The van der Waals surface area contributed by atoms with Gasteiger partial charge in [0.15, 0.2) is 11.5 Å².